The molecule has 2 rings (SSSR count). The van der Waals surface area contributed by atoms with E-state index in [2.05, 4.69) is 24.1 Å². The summed E-state index contributed by atoms with van der Waals surface area (Å²) < 4.78 is 21.7. The molecular formula is C11H14ClNO2S. The van der Waals surface area contributed by atoms with Crippen molar-refractivity contribution >= 4 is 19.7 Å². The Kier molecular flexibility index (Phi) is 3.24. The molecule has 0 radical (unpaired) electrons. The third kappa shape index (κ3) is 2.97. The van der Waals surface area contributed by atoms with E-state index in [1.165, 1.54) is 11.1 Å². The van der Waals surface area contributed by atoms with Crippen molar-refractivity contribution in [3.8, 4) is 0 Å². The zero-order valence-corrected chi connectivity index (χ0v) is 10.7. The van der Waals surface area contributed by atoms with E-state index in [1.807, 2.05) is 6.07 Å². The number of hydrogen-bond acceptors (Lipinski definition) is 3. The van der Waals surface area contributed by atoms with Crippen molar-refractivity contribution in [1.29, 1.82) is 0 Å². The molecule has 0 aromatic heterocycles. The fraction of sp³-hybridized carbons (Fsp3) is 0.455. The first-order chi connectivity index (χ1) is 7.44. The van der Waals surface area contributed by atoms with Crippen LogP contribution in [0.5, 0.6) is 0 Å². The maximum Gasteiger partial charge on any atom is 0.232 e. The Hall–Kier alpha value is -0.580. The minimum atomic E-state index is -3.39. The number of aryl methyl sites for hydroxylation is 1. The van der Waals surface area contributed by atoms with Crippen molar-refractivity contribution in [2.45, 2.75) is 19.5 Å². The molecular weight excluding hydrogens is 246 g/mol. The SMILES string of the molecule is CN1Cc2ccc(CCS(=O)(=O)Cl)cc2C1. The standard InChI is InChI=1S/C11H14ClNO2S/c1-13-7-10-3-2-9(6-11(10)8-13)4-5-16(12,14)15/h2-3,6H,4-5,7-8H2,1H3. The Bertz CT molecular complexity index is 499. The van der Waals surface area contributed by atoms with Gasteiger partial charge in [-0.05, 0) is 30.2 Å². The summed E-state index contributed by atoms with van der Waals surface area (Å²) >= 11 is 0. The van der Waals surface area contributed by atoms with Crippen molar-refractivity contribution in [2.75, 3.05) is 12.8 Å². The van der Waals surface area contributed by atoms with Gasteiger partial charge < -0.3 is 0 Å². The first-order valence-corrected chi connectivity index (χ1v) is 7.63. The smallest absolute Gasteiger partial charge is 0.232 e. The minimum Gasteiger partial charge on any atom is -0.298 e. The highest BCUT2D eigenvalue weighted by molar-refractivity contribution is 8.13. The lowest BCUT2D eigenvalue weighted by molar-refractivity contribution is 0.353. The normalized spacial score (nSPS) is 16.4. The van der Waals surface area contributed by atoms with Crippen LogP contribution in [0.25, 0.3) is 0 Å². The molecule has 88 valence electrons. The zero-order valence-electron chi connectivity index (χ0n) is 9.11. The van der Waals surface area contributed by atoms with E-state index in [1.54, 1.807) is 0 Å². The fourth-order valence-corrected chi connectivity index (χ4v) is 2.72. The maximum atomic E-state index is 10.8. The number of hydrogen-bond donors (Lipinski definition) is 0. The number of halogens is 1. The Morgan fingerprint density at radius 3 is 2.69 bits per heavy atom. The van der Waals surface area contributed by atoms with Crippen molar-refractivity contribution in [1.82, 2.24) is 4.90 Å². The quantitative estimate of drug-likeness (QED) is 0.776. The molecule has 1 aromatic rings. The molecule has 0 aliphatic carbocycles. The summed E-state index contributed by atoms with van der Waals surface area (Å²) in [5.74, 6) is 0.00316. The van der Waals surface area contributed by atoms with E-state index < -0.39 is 9.05 Å². The van der Waals surface area contributed by atoms with Gasteiger partial charge in [0.2, 0.25) is 9.05 Å². The molecule has 0 fully saturated rings. The molecule has 0 saturated heterocycles. The minimum absolute atomic E-state index is 0.00316. The Balaban J connectivity index is 2.11. The van der Waals surface area contributed by atoms with Crippen LogP contribution in [0.15, 0.2) is 18.2 Å². The van der Waals surface area contributed by atoms with E-state index in [-0.39, 0.29) is 5.75 Å². The summed E-state index contributed by atoms with van der Waals surface area (Å²) in [5, 5.41) is 0. The second kappa shape index (κ2) is 4.35. The Morgan fingerprint density at radius 1 is 1.31 bits per heavy atom. The second-order valence-electron chi connectivity index (χ2n) is 4.27. The van der Waals surface area contributed by atoms with Crippen LogP contribution in [0, 0.1) is 0 Å². The third-order valence-corrected chi connectivity index (χ3v) is 3.94. The van der Waals surface area contributed by atoms with Crippen LogP contribution >= 0.6 is 10.7 Å². The van der Waals surface area contributed by atoms with Crippen LogP contribution in [0.3, 0.4) is 0 Å². The molecule has 1 aliphatic heterocycles. The van der Waals surface area contributed by atoms with Crippen LogP contribution in [0.1, 0.15) is 16.7 Å². The van der Waals surface area contributed by atoms with Gasteiger partial charge >= 0.3 is 0 Å². The van der Waals surface area contributed by atoms with E-state index in [4.69, 9.17) is 10.7 Å². The molecule has 3 nitrogen and oxygen atoms in total. The van der Waals surface area contributed by atoms with Crippen LogP contribution in [0.2, 0.25) is 0 Å². The van der Waals surface area contributed by atoms with E-state index >= 15 is 0 Å². The second-order valence-corrected chi connectivity index (χ2v) is 7.16. The van der Waals surface area contributed by atoms with Gasteiger partial charge in [0.1, 0.15) is 0 Å². The maximum absolute atomic E-state index is 10.8. The Morgan fingerprint density at radius 2 is 2.00 bits per heavy atom. The predicted octanol–water partition coefficient (Wildman–Crippen LogP) is 1.74. The van der Waals surface area contributed by atoms with Gasteiger partial charge in [-0.25, -0.2) is 8.42 Å². The van der Waals surface area contributed by atoms with Crippen LogP contribution < -0.4 is 0 Å². The van der Waals surface area contributed by atoms with Gasteiger partial charge in [0.15, 0.2) is 0 Å². The molecule has 0 atom stereocenters. The van der Waals surface area contributed by atoms with Crippen molar-refractivity contribution in [2.24, 2.45) is 0 Å². The molecule has 1 aliphatic rings. The van der Waals surface area contributed by atoms with Gasteiger partial charge in [-0.2, -0.15) is 0 Å². The molecule has 0 unspecified atom stereocenters. The highest BCUT2D eigenvalue weighted by atomic mass is 35.7. The molecule has 0 N–H and O–H groups in total. The molecule has 0 bridgehead atoms. The highest BCUT2D eigenvalue weighted by Crippen LogP contribution is 2.22. The largest absolute Gasteiger partial charge is 0.298 e. The lowest BCUT2D eigenvalue weighted by atomic mass is 10.1. The zero-order chi connectivity index (χ0) is 11.8. The summed E-state index contributed by atoms with van der Waals surface area (Å²) in [4.78, 5) is 2.23. The number of rotatable bonds is 3. The topological polar surface area (TPSA) is 37.4 Å². The van der Waals surface area contributed by atoms with Gasteiger partial charge in [0.25, 0.3) is 0 Å². The molecule has 1 aromatic carbocycles. The first kappa shape index (κ1) is 11.9. The van der Waals surface area contributed by atoms with Gasteiger partial charge in [0, 0.05) is 23.8 Å². The first-order valence-electron chi connectivity index (χ1n) is 5.15. The molecule has 1 heterocycles. The third-order valence-electron chi connectivity index (χ3n) is 2.79. The van der Waals surface area contributed by atoms with Gasteiger partial charge in [-0.3, -0.25) is 4.90 Å². The lowest BCUT2D eigenvalue weighted by Gasteiger charge is -2.03. The summed E-state index contributed by atoms with van der Waals surface area (Å²) in [5.41, 5.74) is 3.67. The van der Waals surface area contributed by atoms with Crippen LogP contribution in [-0.2, 0) is 28.6 Å². The van der Waals surface area contributed by atoms with Crippen LogP contribution in [-0.4, -0.2) is 26.1 Å². The van der Waals surface area contributed by atoms with Crippen molar-refractivity contribution in [3.63, 3.8) is 0 Å². The molecule has 0 saturated carbocycles. The number of fused-ring (bicyclic) bond motifs is 1. The number of benzene rings is 1. The molecule has 5 heteroatoms. The monoisotopic (exact) mass is 259 g/mol. The summed E-state index contributed by atoms with van der Waals surface area (Å²) in [6, 6.07) is 6.15. The summed E-state index contributed by atoms with van der Waals surface area (Å²) in [6.07, 6.45) is 0.489. The molecule has 0 spiro atoms. The predicted molar refractivity (Wildman–Crippen MR) is 65.0 cm³/mol. The van der Waals surface area contributed by atoms with E-state index in [0.717, 1.165) is 18.7 Å². The van der Waals surface area contributed by atoms with Crippen molar-refractivity contribution < 1.29 is 8.42 Å². The van der Waals surface area contributed by atoms with Crippen LogP contribution in [0.4, 0.5) is 0 Å². The number of nitrogens with zero attached hydrogens (tertiary/aromatic N) is 1. The summed E-state index contributed by atoms with van der Waals surface area (Å²) in [7, 11) is 3.87. The highest BCUT2D eigenvalue weighted by Gasteiger charge is 2.15. The molecule has 0 amide bonds. The van der Waals surface area contributed by atoms with Gasteiger partial charge in [0.05, 0.1) is 5.75 Å². The van der Waals surface area contributed by atoms with E-state index in [0.29, 0.717) is 6.42 Å². The van der Waals surface area contributed by atoms with Gasteiger partial charge in [-0.1, -0.05) is 18.2 Å². The van der Waals surface area contributed by atoms with Gasteiger partial charge in [-0.15, -0.1) is 0 Å². The summed E-state index contributed by atoms with van der Waals surface area (Å²) in [6.45, 7) is 1.92. The Labute approximate surface area is 100 Å². The molecule has 16 heavy (non-hydrogen) atoms. The average molecular weight is 260 g/mol. The lowest BCUT2D eigenvalue weighted by Crippen LogP contribution is -2.07. The fourth-order valence-electron chi connectivity index (χ4n) is 2.01. The average Bonchev–Trinajstić information content (AvgIpc) is 2.52. The van der Waals surface area contributed by atoms with Crippen molar-refractivity contribution in [3.05, 3.63) is 34.9 Å². The van der Waals surface area contributed by atoms with E-state index in [9.17, 15) is 8.42 Å².